The van der Waals surface area contributed by atoms with Gasteiger partial charge in [-0.15, -0.1) is 0 Å². The topological polar surface area (TPSA) is 13.1 Å². The molecule has 0 aliphatic rings. The highest BCUT2D eigenvalue weighted by Crippen LogP contribution is 2.45. The van der Waals surface area contributed by atoms with Crippen LogP contribution in [0.2, 0.25) is 0 Å². The molecule has 0 unspecified atom stereocenters. The summed E-state index contributed by atoms with van der Waals surface area (Å²) in [6, 6.07) is 67.0. The van der Waals surface area contributed by atoms with Crippen LogP contribution in [-0.2, 0) is 0 Å². The van der Waals surface area contributed by atoms with E-state index >= 15 is 0 Å². The van der Waals surface area contributed by atoms with Gasteiger partial charge in [0, 0.05) is 44.3 Å². The van der Waals surface area contributed by atoms with Crippen molar-refractivity contribution in [1.82, 2.24) is 9.13 Å². The van der Waals surface area contributed by atoms with Crippen LogP contribution >= 0.6 is 0 Å². The monoisotopic (exact) mass is 669 g/mol. The molecule has 52 heavy (non-hydrogen) atoms. The van der Waals surface area contributed by atoms with Crippen molar-refractivity contribution in [2.75, 3.05) is 4.90 Å². The van der Waals surface area contributed by atoms with Gasteiger partial charge in [0.05, 0.1) is 27.8 Å². The lowest BCUT2D eigenvalue weighted by molar-refractivity contribution is 0.627. The summed E-state index contributed by atoms with van der Waals surface area (Å²) in [5, 5.41) is 4.58. The van der Waals surface area contributed by atoms with Crippen LogP contribution in [0.4, 0.5) is 21.5 Å². The Balaban J connectivity index is 1.26. The average molecular weight is 670 g/mol. The van der Waals surface area contributed by atoms with Gasteiger partial charge >= 0.3 is 0 Å². The van der Waals surface area contributed by atoms with Crippen LogP contribution in [-0.4, -0.2) is 9.13 Å². The third-order valence-corrected chi connectivity index (χ3v) is 10.1. The second kappa shape index (κ2) is 12.1. The summed E-state index contributed by atoms with van der Waals surface area (Å²) in [5.41, 5.74) is 11.7. The smallest absolute Gasteiger partial charge is 0.125 e. The summed E-state index contributed by atoms with van der Waals surface area (Å²) in [5.74, 6) is -0.263. The molecule has 4 heteroatoms. The van der Waals surface area contributed by atoms with Crippen molar-refractivity contribution in [1.29, 1.82) is 0 Å². The summed E-state index contributed by atoms with van der Waals surface area (Å²) in [4.78, 5) is 2.37. The Hall–Kier alpha value is -6.91. The van der Waals surface area contributed by atoms with Gasteiger partial charge in [0.1, 0.15) is 5.82 Å². The molecule has 0 aliphatic carbocycles. The first kappa shape index (κ1) is 30.0. The molecule has 0 amide bonds. The number of anilines is 3. The van der Waals surface area contributed by atoms with Crippen molar-refractivity contribution in [2.24, 2.45) is 0 Å². The van der Waals surface area contributed by atoms with Gasteiger partial charge in [-0.1, -0.05) is 115 Å². The Morgan fingerprint density at radius 1 is 0.365 bits per heavy atom. The van der Waals surface area contributed by atoms with Crippen LogP contribution in [0.25, 0.3) is 66.1 Å². The predicted molar refractivity (Wildman–Crippen MR) is 215 cm³/mol. The molecule has 0 bridgehead atoms. The Bertz CT molecular complexity index is 2900. The molecule has 0 spiro atoms. The normalized spacial score (nSPS) is 11.6. The molecule has 246 valence electrons. The number of hydrogen-bond donors (Lipinski definition) is 0. The fourth-order valence-corrected chi connectivity index (χ4v) is 7.89. The number of fused-ring (bicyclic) bond motifs is 6. The SMILES string of the molecule is Fc1cccc(-n2c3ccccc3c3ccc(N(c4ccc(-c5ccccc5)cc4)c4cccc5c4c4ccccc4n5-c4ccccc4)cc32)c1. The van der Waals surface area contributed by atoms with Gasteiger partial charge in [-0.3, -0.25) is 0 Å². The van der Waals surface area contributed by atoms with Crippen LogP contribution in [0.3, 0.4) is 0 Å². The Morgan fingerprint density at radius 2 is 0.923 bits per heavy atom. The number of hydrogen-bond acceptors (Lipinski definition) is 1. The van der Waals surface area contributed by atoms with E-state index in [0.29, 0.717) is 0 Å². The molecule has 0 saturated carbocycles. The molecule has 0 aliphatic heterocycles. The highest BCUT2D eigenvalue weighted by atomic mass is 19.1. The van der Waals surface area contributed by atoms with Crippen molar-refractivity contribution in [3.8, 4) is 22.5 Å². The fourth-order valence-electron chi connectivity index (χ4n) is 7.89. The van der Waals surface area contributed by atoms with Crippen LogP contribution in [0, 0.1) is 5.82 Å². The van der Waals surface area contributed by atoms with E-state index < -0.39 is 0 Å². The van der Waals surface area contributed by atoms with Gasteiger partial charge in [-0.25, -0.2) is 4.39 Å². The molecule has 3 nitrogen and oxygen atoms in total. The maximum Gasteiger partial charge on any atom is 0.125 e. The standard InChI is InChI=1S/C48H32FN3/c49-35-15-11-18-38(31-35)52-43-21-9-7-19-40(43)41-30-29-39(32-47(41)52)50(37-27-25-34(26-28-37)33-13-3-1-4-14-33)45-23-12-24-46-48(45)42-20-8-10-22-44(42)51(46)36-16-5-2-6-17-36/h1-32H. The van der Waals surface area contributed by atoms with Crippen molar-refractivity contribution in [3.63, 3.8) is 0 Å². The summed E-state index contributed by atoms with van der Waals surface area (Å²) >= 11 is 0. The maximum atomic E-state index is 14.7. The second-order valence-electron chi connectivity index (χ2n) is 13.1. The lowest BCUT2D eigenvalue weighted by atomic mass is 10.0. The van der Waals surface area contributed by atoms with Crippen LogP contribution in [0.15, 0.2) is 194 Å². The van der Waals surface area contributed by atoms with Crippen molar-refractivity contribution in [3.05, 3.63) is 200 Å². The molecular formula is C48H32FN3. The summed E-state index contributed by atoms with van der Waals surface area (Å²) < 4.78 is 19.3. The summed E-state index contributed by atoms with van der Waals surface area (Å²) in [7, 11) is 0. The van der Waals surface area contributed by atoms with E-state index in [-0.39, 0.29) is 5.82 Å². The first-order valence-electron chi connectivity index (χ1n) is 17.6. The molecule has 10 rings (SSSR count). The third kappa shape index (κ3) is 4.80. The largest absolute Gasteiger partial charge is 0.310 e. The molecule has 0 fully saturated rings. The third-order valence-electron chi connectivity index (χ3n) is 10.1. The van der Waals surface area contributed by atoms with Crippen molar-refractivity contribution in [2.45, 2.75) is 0 Å². The molecular weight excluding hydrogens is 638 g/mol. The maximum absolute atomic E-state index is 14.7. The van der Waals surface area contributed by atoms with Crippen molar-refractivity contribution >= 4 is 60.7 Å². The second-order valence-corrected chi connectivity index (χ2v) is 13.1. The summed E-state index contributed by atoms with van der Waals surface area (Å²) in [6.07, 6.45) is 0. The van der Waals surface area contributed by atoms with Gasteiger partial charge < -0.3 is 14.0 Å². The highest BCUT2D eigenvalue weighted by Gasteiger charge is 2.22. The van der Waals surface area contributed by atoms with Crippen molar-refractivity contribution < 1.29 is 4.39 Å². The molecule has 0 N–H and O–H groups in total. The summed E-state index contributed by atoms with van der Waals surface area (Å²) in [6.45, 7) is 0. The number of nitrogens with zero attached hydrogens (tertiary/aromatic N) is 3. The van der Waals surface area contributed by atoms with Crippen LogP contribution < -0.4 is 4.90 Å². The van der Waals surface area contributed by atoms with Gasteiger partial charge in [0.15, 0.2) is 0 Å². The Kier molecular flexibility index (Phi) is 7.00. The van der Waals surface area contributed by atoms with Gasteiger partial charge in [-0.05, 0) is 90.0 Å². The fraction of sp³-hybridized carbons (Fsp3) is 0. The van der Waals surface area contributed by atoms with E-state index in [4.69, 9.17) is 0 Å². The number of aromatic nitrogens is 2. The van der Waals surface area contributed by atoms with Gasteiger partial charge in [-0.2, -0.15) is 0 Å². The highest BCUT2D eigenvalue weighted by molar-refractivity contribution is 6.17. The lowest BCUT2D eigenvalue weighted by Crippen LogP contribution is -2.10. The first-order valence-corrected chi connectivity index (χ1v) is 17.6. The average Bonchev–Trinajstić information content (AvgIpc) is 3.72. The van der Waals surface area contributed by atoms with E-state index in [1.807, 2.05) is 18.2 Å². The minimum absolute atomic E-state index is 0.263. The van der Waals surface area contributed by atoms with Gasteiger partial charge in [0.2, 0.25) is 0 Å². The number of rotatable bonds is 6. The minimum Gasteiger partial charge on any atom is -0.310 e. The zero-order chi connectivity index (χ0) is 34.6. The Morgan fingerprint density at radius 3 is 1.69 bits per heavy atom. The zero-order valence-corrected chi connectivity index (χ0v) is 28.2. The number of halogens is 1. The number of benzene rings is 8. The lowest BCUT2D eigenvalue weighted by Gasteiger charge is -2.27. The van der Waals surface area contributed by atoms with E-state index in [9.17, 15) is 4.39 Å². The molecule has 2 aromatic heterocycles. The molecule has 10 aromatic rings. The van der Waals surface area contributed by atoms with E-state index in [1.165, 1.54) is 22.4 Å². The number of para-hydroxylation sites is 3. The van der Waals surface area contributed by atoms with E-state index in [1.54, 1.807) is 12.1 Å². The van der Waals surface area contributed by atoms with E-state index in [0.717, 1.165) is 66.8 Å². The molecule has 0 radical (unpaired) electrons. The van der Waals surface area contributed by atoms with Crippen LogP contribution in [0.1, 0.15) is 0 Å². The molecule has 2 heterocycles. The Labute approximate surface area is 300 Å². The zero-order valence-electron chi connectivity index (χ0n) is 28.2. The van der Waals surface area contributed by atoms with Crippen LogP contribution in [0.5, 0.6) is 0 Å². The quantitative estimate of drug-likeness (QED) is 0.172. The minimum atomic E-state index is -0.263. The molecule has 0 saturated heterocycles. The molecule has 0 atom stereocenters. The van der Waals surface area contributed by atoms with E-state index in [2.05, 4.69) is 172 Å². The first-order chi connectivity index (χ1) is 25.7. The molecule has 8 aromatic carbocycles. The predicted octanol–water partition coefficient (Wildman–Crippen LogP) is 13.2. The van der Waals surface area contributed by atoms with Gasteiger partial charge in [0.25, 0.3) is 0 Å².